The first-order valence-electron chi connectivity index (χ1n) is 8.82. The van der Waals surface area contributed by atoms with Crippen LogP contribution in [0, 0.1) is 0 Å². The van der Waals surface area contributed by atoms with E-state index < -0.39 is 5.91 Å². The number of amides is 1. The van der Waals surface area contributed by atoms with Crippen LogP contribution in [0.4, 0.5) is 5.69 Å². The second kappa shape index (κ2) is 8.52. The highest BCUT2D eigenvalue weighted by Gasteiger charge is 2.23. The molecule has 0 radical (unpaired) electrons. The summed E-state index contributed by atoms with van der Waals surface area (Å²) in [6.07, 6.45) is 0. The van der Waals surface area contributed by atoms with Gasteiger partial charge < -0.3 is 20.3 Å². The van der Waals surface area contributed by atoms with Crippen molar-refractivity contribution < 1.29 is 14.1 Å². The zero-order valence-electron chi connectivity index (χ0n) is 15.8. The topological polar surface area (TPSA) is 116 Å². The lowest BCUT2D eigenvalue weighted by Gasteiger charge is -2.05. The third-order valence-electron chi connectivity index (χ3n) is 4.31. The van der Waals surface area contributed by atoms with Crippen molar-refractivity contribution >= 4 is 34.7 Å². The molecule has 10 heteroatoms. The van der Waals surface area contributed by atoms with Crippen molar-refractivity contribution in [1.82, 2.24) is 19.8 Å². The number of nitrogen functional groups attached to an aromatic ring is 1. The van der Waals surface area contributed by atoms with Gasteiger partial charge in [0.1, 0.15) is 10.6 Å². The second-order valence-electron chi connectivity index (χ2n) is 6.20. The number of ether oxygens (including phenoxy) is 1. The third-order valence-corrected chi connectivity index (χ3v) is 5.53. The van der Waals surface area contributed by atoms with Gasteiger partial charge in [-0.2, -0.15) is 9.36 Å². The number of halogens is 1. The zero-order valence-corrected chi connectivity index (χ0v) is 17.3. The predicted molar refractivity (Wildman–Crippen MR) is 114 cm³/mol. The first-order valence-corrected chi connectivity index (χ1v) is 9.97. The number of rotatable bonds is 6. The molecule has 30 heavy (non-hydrogen) atoms. The predicted octanol–water partition coefficient (Wildman–Crippen LogP) is 4.03. The van der Waals surface area contributed by atoms with Crippen LogP contribution < -0.4 is 15.8 Å². The van der Waals surface area contributed by atoms with Crippen LogP contribution >= 0.6 is 23.1 Å². The molecule has 4 rings (SSSR count). The van der Waals surface area contributed by atoms with Crippen molar-refractivity contribution in [3.63, 3.8) is 0 Å². The number of aromatic nitrogens is 3. The molecule has 152 valence electrons. The smallest absolute Gasteiger partial charge is 0.273 e. The fraction of sp³-hybridized carbons (Fsp3) is 0.100. The summed E-state index contributed by atoms with van der Waals surface area (Å²) < 4.78 is 14.6. The summed E-state index contributed by atoms with van der Waals surface area (Å²) in [6.45, 7) is 0.257. The number of nitrogens with one attached hydrogen (secondary N) is 1. The fourth-order valence-corrected chi connectivity index (χ4v) is 3.61. The van der Waals surface area contributed by atoms with Crippen molar-refractivity contribution in [2.45, 2.75) is 6.54 Å². The van der Waals surface area contributed by atoms with E-state index in [2.05, 4.69) is 19.8 Å². The maximum atomic E-state index is 12.5. The number of nitrogens with two attached hydrogens (primary N) is 1. The van der Waals surface area contributed by atoms with Gasteiger partial charge in [0.05, 0.1) is 12.8 Å². The Hall–Kier alpha value is -3.43. The van der Waals surface area contributed by atoms with E-state index in [0.717, 1.165) is 28.4 Å². The van der Waals surface area contributed by atoms with E-state index >= 15 is 0 Å². The molecular weight excluding hydrogens is 426 g/mol. The Bertz CT molecular complexity index is 1190. The highest BCUT2D eigenvalue weighted by atomic mass is 35.5. The normalized spacial score (nSPS) is 10.7. The van der Waals surface area contributed by atoms with Crippen molar-refractivity contribution in [3.8, 4) is 27.9 Å². The molecule has 8 nitrogen and oxygen atoms in total. The lowest BCUT2D eigenvalue weighted by molar-refractivity contribution is 0.0948. The lowest BCUT2D eigenvalue weighted by Crippen LogP contribution is -2.24. The second-order valence-corrected chi connectivity index (χ2v) is 7.38. The molecule has 0 aliphatic rings. The Morgan fingerprint density at radius 3 is 2.73 bits per heavy atom. The van der Waals surface area contributed by atoms with Crippen LogP contribution in [0.5, 0.6) is 5.75 Å². The zero-order chi connectivity index (χ0) is 21.1. The Balaban J connectivity index is 1.51. The first-order chi connectivity index (χ1) is 14.6. The molecule has 2 aromatic heterocycles. The Morgan fingerprint density at radius 2 is 2.00 bits per heavy atom. The molecule has 0 aliphatic carbocycles. The summed E-state index contributed by atoms with van der Waals surface area (Å²) in [5, 5.41) is 7.32. The summed E-state index contributed by atoms with van der Waals surface area (Å²) in [6, 6.07) is 14.5. The van der Waals surface area contributed by atoms with Gasteiger partial charge in [-0.25, -0.2) is 0 Å². The monoisotopic (exact) mass is 441 g/mol. The molecule has 2 aromatic carbocycles. The SMILES string of the molecule is COc1ccc(-c2noc(-c3snc(C(=O)NCc4ccccc4Cl)c3N)n2)cc1. The molecule has 0 spiro atoms. The molecule has 0 saturated heterocycles. The Morgan fingerprint density at radius 1 is 1.23 bits per heavy atom. The highest BCUT2D eigenvalue weighted by molar-refractivity contribution is 7.10. The molecule has 0 saturated carbocycles. The Kier molecular flexibility index (Phi) is 5.64. The average molecular weight is 442 g/mol. The molecule has 0 aliphatic heterocycles. The summed E-state index contributed by atoms with van der Waals surface area (Å²) in [7, 11) is 1.59. The number of anilines is 1. The third kappa shape index (κ3) is 3.98. The molecule has 0 fully saturated rings. The van der Waals surface area contributed by atoms with E-state index in [-0.39, 0.29) is 23.8 Å². The van der Waals surface area contributed by atoms with Crippen LogP contribution in [-0.4, -0.2) is 27.5 Å². The molecule has 4 aromatic rings. The number of hydrogen-bond donors (Lipinski definition) is 2. The van der Waals surface area contributed by atoms with Gasteiger partial charge in [-0.15, -0.1) is 0 Å². The molecule has 2 heterocycles. The number of nitrogens with zero attached hydrogens (tertiary/aromatic N) is 3. The van der Waals surface area contributed by atoms with Crippen LogP contribution in [0.3, 0.4) is 0 Å². The quantitative estimate of drug-likeness (QED) is 0.463. The van der Waals surface area contributed by atoms with Gasteiger partial charge in [0.2, 0.25) is 5.82 Å². The van der Waals surface area contributed by atoms with Crippen molar-refractivity contribution in [2.24, 2.45) is 0 Å². The number of carbonyl (C=O) groups excluding carboxylic acids is 1. The van der Waals surface area contributed by atoms with Crippen molar-refractivity contribution in [3.05, 3.63) is 64.8 Å². The molecule has 0 atom stereocenters. The van der Waals surface area contributed by atoms with Crippen LogP contribution in [0.15, 0.2) is 53.1 Å². The van der Waals surface area contributed by atoms with E-state index in [9.17, 15) is 4.79 Å². The number of methoxy groups -OCH3 is 1. The molecule has 1 amide bonds. The van der Waals surface area contributed by atoms with Gasteiger partial charge in [-0.3, -0.25) is 4.79 Å². The highest BCUT2D eigenvalue weighted by Crippen LogP contribution is 2.33. The van der Waals surface area contributed by atoms with E-state index in [0.29, 0.717) is 15.7 Å². The van der Waals surface area contributed by atoms with Gasteiger partial charge in [0, 0.05) is 17.1 Å². The maximum Gasteiger partial charge on any atom is 0.273 e. The van der Waals surface area contributed by atoms with Gasteiger partial charge in [-0.1, -0.05) is 35.0 Å². The minimum atomic E-state index is -0.412. The summed E-state index contributed by atoms with van der Waals surface area (Å²) in [5.41, 5.74) is 7.97. The fourth-order valence-electron chi connectivity index (χ4n) is 2.69. The summed E-state index contributed by atoms with van der Waals surface area (Å²) >= 11 is 7.13. The van der Waals surface area contributed by atoms with Gasteiger partial charge in [-0.05, 0) is 47.4 Å². The van der Waals surface area contributed by atoms with Crippen molar-refractivity contribution in [2.75, 3.05) is 12.8 Å². The van der Waals surface area contributed by atoms with Crippen molar-refractivity contribution in [1.29, 1.82) is 0 Å². The molecule has 0 unspecified atom stereocenters. The number of benzene rings is 2. The van der Waals surface area contributed by atoms with Crippen LogP contribution in [0.2, 0.25) is 5.02 Å². The minimum absolute atomic E-state index is 0.103. The van der Waals surface area contributed by atoms with Gasteiger partial charge in [0.15, 0.2) is 5.69 Å². The van der Waals surface area contributed by atoms with E-state index in [1.54, 1.807) is 25.3 Å². The van der Waals surface area contributed by atoms with Crippen LogP contribution in [-0.2, 0) is 6.54 Å². The van der Waals surface area contributed by atoms with E-state index in [1.165, 1.54) is 0 Å². The average Bonchev–Trinajstić information content (AvgIpc) is 3.40. The summed E-state index contributed by atoms with van der Waals surface area (Å²) in [5.74, 6) is 0.901. The van der Waals surface area contributed by atoms with Crippen LogP contribution in [0.1, 0.15) is 16.1 Å². The Labute approximate surface area is 180 Å². The lowest BCUT2D eigenvalue weighted by atomic mass is 10.2. The van der Waals surface area contributed by atoms with E-state index in [1.807, 2.05) is 30.3 Å². The molecule has 0 bridgehead atoms. The minimum Gasteiger partial charge on any atom is -0.497 e. The maximum absolute atomic E-state index is 12.5. The molecular formula is C20H16ClN5O3S. The van der Waals surface area contributed by atoms with Crippen LogP contribution in [0.25, 0.3) is 22.2 Å². The first kappa shape index (κ1) is 19.9. The standard InChI is InChI=1S/C20H16ClN5O3S/c1-28-13-8-6-11(7-9-13)18-24-20(29-25-18)17-15(22)16(26-30-17)19(27)23-10-12-4-2-3-5-14(12)21/h2-9H,10,22H2,1H3,(H,23,27). The molecule has 3 N–H and O–H groups in total. The largest absolute Gasteiger partial charge is 0.497 e. The van der Waals surface area contributed by atoms with E-state index in [4.69, 9.17) is 26.6 Å². The van der Waals surface area contributed by atoms with Gasteiger partial charge in [0.25, 0.3) is 11.8 Å². The number of hydrogen-bond acceptors (Lipinski definition) is 8. The van der Waals surface area contributed by atoms with Gasteiger partial charge >= 0.3 is 0 Å². The number of carbonyl (C=O) groups is 1. The summed E-state index contributed by atoms with van der Waals surface area (Å²) in [4.78, 5) is 17.3.